The average molecular weight is 274 g/mol. The van der Waals surface area contributed by atoms with E-state index in [4.69, 9.17) is 5.73 Å². The Bertz CT molecular complexity index is 605. The van der Waals surface area contributed by atoms with Gasteiger partial charge < -0.3 is 5.73 Å². The van der Waals surface area contributed by atoms with Crippen molar-refractivity contribution in [1.29, 1.82) is 0 Å². The van der Waals surface area contributed by atoms with Crippen molar-refractivity contribution in [2.45, 2.75) is 32.7 Å². The van der Waals surface area contributed by atoms with Gasteiger partial charge in [-0.15, -0.1) is 0 Å². The van der Waals surface area contributed by atoms with Crippen molar-refractivity contribution < 1.29 is 0 Å². The van der Waals surface area contributed by atoms with E-state index in [2.05, 4.69) is 26.9 Å². The van der Waals surface area contributed by atoms with E-state index < -0.39 is 0 Å². The lowest BCUT2D eigenvalue weighted by Crippen LogP contribution is -2.35. The number of anilines is 1. The standard InChI is InChI=1S/C14H22N6/c1-3-10-5-4-6-20(8-10)9-12-17-13(15)11-7-16-19(2)14(11)18-12/h7,10H,3-6,8-9H2,1-2H3,(H2,15,17,18). The number of aryl methyl sites for hydroxylation is 1. The van der Waals surface area contributed by atoms with Crippen molar-refractivity contribution >= 4 is 16.9 Å². The summed E-state index contributed by atoms with van der Waals surface area (Å²) in [5.41, 5.74) is 6.82. The van der Waals surface area contributed by atoms with Gasteiger partial charge in [-0.25, -0.2) is 9.97 Å². The van der Waals surface area contributed by atoms with Crippen molar-refractivity contribution in [3.63, 3.8) is 0 Å². The zero-order chi connectivity index (χ0) is 14.1. The van der Waals surface area contributed by atoms with E-state index in [-0.39, 0.29) is 0 Å². The quantitative estimate of drug-likeness (QED) is 0.919. The van der Waals surface area contributed by atoms with Gasteiger partial charge in [0.25, 0.3) is 0 Å². The maximum Gasteiger partial charge on any atom is 0.163 e. The molecule has 2 aromatic rings. The third-order valence-corrected chi connectivity index (χ3v) is 4.21. The highest BCUT2D eigenvalue weighted by Gasteiger charge is 2.20. The minimum atomic E-state index is 0.530. The summed E-state index contributed by atoms with van der Waals surface area (Å²) in [7, 11) is 1.88. The fourth-order valence-electron chi connectivity index (χ4n) is 2.99. The maximum absolute atomic E-state index is 6.01. The van der Waals surface area contributed by atoms with E-state index >= 15 is 0 Å². The summed E-state index contributed by atoms with van der Waals surface area (Å²) in [5.74, 6) is 2.14. The fourth-order valence-corrected chi connectivity index (χ4v) is 2.99. The van der Waals surface area contributed by atoms with Crippen LogP contribution in [0.2, 0.25) is 0 Å². The Labute approximate surface area is 119 Å². The lowest BCUT2D eigenvalue weighted by molar-refractivity contribution is 0.161. The molecule has 0 saturated carbocycles. The van der Waals surface area contributed by atoms with Crippen LogP contribution in [0.5, 0.6) is 0 Å². The lowest BCUT2D eigenvalue weighted by atomic mass is 9.96. The van der Waals surface area contributed by atoms with Gasteiger partial charge in [-0.05, 0) is 25.3 Å². The molecule has 1 saturated heterocycles. The highest BCUT2D eigenvalue weighted by Crippen LogP contribution is 2.21. The number of likely N-dealkylation sites (tertiary alicyclic amines) is 1. The van der Waals surface area contributed by atoms with E-state index in [0.717, 1.165) is 42.4 Å². The summed E-state index contributed by atoms with van der Waals surface area (Å²) < 4.78 is 1.75. The predicted octanol–water partition coefficient (Wildman–Crippen LogP) is 1.57. The molecule has 0 aliphatic carbocycles. The van der Waals surface area contributed by atoms with Crippen LogP contribution in [-0.2, 0) is 13.6 Å². The Balaban J connectivity index is 1.82. The minimum absolute atomic E-state index is 0.530. The molecule has 2 aromatic heterocycles. The summed E-state index contributed by atoms with van der Waals surface area (Å²) in [5, 5.41) is 5.02. The third-order valence-electron chi connectivity index (χ3n) is 4.21. The molecule has 0 aromatic carbocycles. The van der Waals surface area contributed by atoms with Crippen LogP contribution < -0.4 is 5.73 Å². The number of nitrogens with two attached hydrogens (primary N) is 1. The smallest absolute Gasteiger partial charge is 0.163 e. The molecule has 108 valence electrons. The van der Waals surface area contributed by atoms with Crippen molar-refractivity contribution in [3.8, 4) is 0 Å². The van der Waals surface area contributed by atoms with E-state index in [1.165, 1.54) is 19.3 Å². The molecule has 6 nitrogen and oxygen atoms in total. The van der Waals surface area contributed by atoms with Gasteiger partial charge in [-0.3, -0.25) is 9.58 Å². The second-order valence-electron chi connectivity index (χ2n) is 5.68. The van der Waals surface area contributed by atoms with Gasteiger partial charge in [0.05, 0.1) is 18.1 Å². The van der Waals surface area contributed by atoms with E-state index in [9.17, 15) is 0 Å². The molecule has 2 N–H and O–H groups in total. The Morgan fingerprint density at radius 3 is 3.05 bits per heavy atom. The number of nitrogens with zero attached hydrogens (tertiary/aromatic N) is 5. The second-order valence-corrected chi connectivity index (χ2v) is 5.68. The first kappa shape index (κ1) is 13.3. The Kier molecular flexibility index (Phi) is 3.56. The monoisotopic (exact) mass is 274 g/mol. The lowest BCUT2D eigenvalue weighted by Gasteiger charge is -2.31. The van der Waals surface area contributed by atoms with Crippen LogP contribution in [0.25, 0.3) is 11.0 Å². The van der Waals surface area contributed by atoms with Gasteiger partial charge in [0.1, 0.15) is 11.6 Å². The zero-order valence-corrected chi connectivity index (χ0v) is 12.2. The summed E-state index contributed by atoms with van der Waals surface area (Å²) in [4.78, 5) is 11.5. The van der Waals surface area contributed by atoms with Crippen LogP contribution in [0.4, 0.5) is 5.82 Å². The highest BCUT2D eigenvalue weighted by molar-refractivity contribution is 5.84. The minimum Gasteiger partial charge on any atom is -0.383 e. The molecule has 20 heavy (non-hydrogen) atoms. The van der Waals surface area contributed by atoms with Crippen LogP contribution in [0.1, 0.15) is 32.0 Å². The largest absolute Gasteiger partial charge is 0.383 e. The SMILES string of the molecule is CCC1CCCN(Cc2nc(N)c3cnn(C)c3n2)C1. The number of hydrogen-bond acceptors (Lipinski definition) is 5. The van der Waals surface area contributed by atoms with Crippen LogP contribution >= 0.6 is 0 Å². The van der Waals surface area contributed by atoms with Gasteiger partial charge in [0, 0.05) is 13.6 Å². The summed E-state index contributed by atoms with van der Waals surface area (Å²) >= 11 is 0. The molecular weight excluding hydrogens is 252 g/mol. The second kappa shape index (κ2) is 5.36. The molecular formula is C14H22N6. The molecule has 0 spiro atoms. The summed E-state index contributed by atoms with van der Waals surface area (Å²) in [6.45, 7) is 5.32. The molecule has 0 amide bonds. The van der Waals surface area contributed by atoms with Crippen LogP contribution in [0, 0.1) is 5.92 Å². The molecule has 1 atom stereocenters. The zero-order valence-electron chi connectivity index (χ0n) is 12.2. The molecule has 0 bridgehead atoms. The number of nitrogen functional groups attached to an aromatic ring is 1. The van der Waals surface area contributed by atoms with Crippen molar-refractivity contribution in [1.82, 2.24) is 24.6 Å². The molecule has 1 fully saturated rings. The topological polar surface area (TPSA) is 72.9 Å². The van der Waals surface area contributed by atoms with Gasteiger partial charge in [0.15, 0.2) is 5.65 Å². The molecule has 1 aliphatic rings. The predicted molar refractivity (Wildman–Crippen MR) is 79.0 cm³/mol. The molecule has 3 rings (SSSR count). The number of aromatic nitrogens is 4. The van der Waals surface area contributed by atoms with Crippen LogP contribution in [-0.4, -0.2) is 37.7 Å². The number of piperidine rings is 1. The van der Waals surface area contributed by atoms with Crippen LogP contribution in [0.15, 0.2) is 6.20 Å². The molecule has 1 aliphatic heterocycles. The van der Waals surface area contributed by atoms with Crippen molar-refractivity contribution in [3.05, 3.63) is 12.0 Å². The highest BCUT2D eigenvalue weighted by atomic mass is 15.3. The Morgan fingerprint density at radius 2 is 2.25 bits per heavy atom. The normalized spacial score (nSPS) is 20.6. The molecule has 6 heteroatoms. The van der Waals surface area contributed by atoms with Gasteiger partial charge in [-0.1, -0.05) is 13.3 Å². The van der Waals surface area contributed by atoms with Gasteiger partial charge >= 0.3 is 0 Å². The first-order valence-electron chi connectivity index (χ1n) is 7.33. The summed E-state index contributed by atoms with van der Waals surface area (Å²) in [6.07, 6.45) is 5.58. The number of rotatable bonds is 3. The van der Waals surface area contributed by atoms with Gasteiger partial charge in [-0.2, -0.15) is 5.10 Å². The fraction of sp³-hybridized carbons (Fsp3) is 0.643. The Hall–Kier alpha value is -1.69. The molecule has 0 radical (unpaired) electrons. The first-order valence-corrected chi connectivity index (χ1v) is 7.33. The van der Waals surface area contributed by atoms with Gasteiger partial charge in [0.2, 0.25) is 0 Å². The van der Waals surface area contributed by atoms with Crippen LogP contribution in [0.3, 0.4) is 0 Å². The number of hydrogen-bond donors (Lipinski definition) is 1. The Morgan fingerprint density at radius 1 is 1.40 bits per heavy atom. The van der Waals surface area contributed by atoms with E-state index in [1.54, 1.807) is 10.9 Å². The van der Waals surface area contributed by atoms with E-state index in [1.807, 2.05) is 7.05 Å². The average Bonchev–Trinajstić information content (AvgIpc) is 2.81. The van der Waals surface area contributed by atoms with Crippen molar-refractivity contribution in [2.75, 3.05) is 18.8 Å². The number of fused-ring (bicyclic) bond motifs is 1. The van der Waals surface area contributed by atoms with E-state index in [0.29, 0.717) is 5.82 Å². The maximum atomic E-state index is 6.01. The molecule has 1 unspecified atom stereocenters. The summed E-state index contributed by atoms with van der Waals surface area (Å²) in [6, 6.07) is 0. The molecule has 3 heterocycles. The first-order chi connectivity index (χ1) is 9.67. The third kappa shape index (κ3) is 2.47. The van der Waals surface area contributed by atoms with Crippen molar-refractivity contribution in [2.24, 2.45) is 13.0 Å².